The van der Waals surface area contributed by atoms with E-state index in [0.29, 0.717) is 24.4 Å². The van der Waals surface area contributed by atoms with Gasteiger partial charge in [-0.05, 0) is 37.7 Å². The highest BCUT2D eigenvalue weighted by molar-refractivity contribution is 8.00. The van der Waals surface area contributed by atoms with Gasteiger partial charge in [0.05, 0.1) is 17.9 Å². The number of hydrogen-bond donors (Lipinski definition) is 4. The van der Waals surface area contributed by atoms with E-state index in [0.717, 1.165) is 53.3 Å². The minimum atomic E-state index is -1.15. The van der Waals surface area contributed by atoms with Crippen molar-refractivity contribution in [2.24, 2.45) is 0 Å². The van der Waals surface area contributed by atoms with Crippen LogP contribution in [-0.4, -0.2) is 180 Å². The van der Waals surface area contributed by atoms with Crippen molar-refractivity contribution in [2.75, 3.05) is 85.3 Å². The summed E-state index contributed by atoms with van der Waals surface area (Å²) in [6, 6.07) is 6.47. The van der Waals surface area contributed by atoms with Crippen LogP contribution in [0.5, 0.6) is 5.75 Å². The summed E-state index contributed by atoms with van der Waals surface area (Å²) in [5.74, 6) is -2.77. The number of aliphatic hydroxyl groups is 1. The van der Waals surface area contributed by atoms with Gasteiger partial charge in [-0.2, -0.15) is 0 Å². The zero-order valence-electron chi connectivity index (χ0n) is 35.4. The average molecular weight is 875 g/mol. The third kappa shape index (κ3) is 16.1. The second kappa shape index (κ2) is 25.3. The lowest BCUT2D eigenvalue weighted by Gasteiger charge is -2.25. The van der Waals surface area contributed by atoms with E-state index in [1.807, 2.05) is 6.92 Å². The number of carbonyl (C=O) groups is 9. The summed E-state index contributed by atoms with van der Waals surface area (Å²) in [5.41, 5.74) is 0.553. The Kier molecular flexibility index (Phi) is 20.6. The van der Waals surface area contributed by atoms with Crippen molar-refractivity contribution in [2.45, 2.75) is 63.9 Å². The summed E-state index contributed by atoms with van der Waals surface area (Å²) in [6.07, 6.45) is -1.44. The molecule has 20 nitrogen and oxygen atoms in total. The number of likely N-dealkylation sites (tertiary alicyclic amines) is 1. The lowest BCUT2D eigenvalue weighted by atomic mass is 10.1. The van der Waals surface area contributed by atoms with E-state index in [4.69, 9.17) is 9.47 Å². The van der Waals surface area contributed by atoms with Gasteiger partial charge >= 0.3 is 12.2 Å². The summed E-state index contributed by atoms with van der Waals surface area (Å²) < 4.78 is 11.2. The van der Waals surface area contributed by atoms with E-state index in [1.54, 1.807) is 36.2 Å². The van der Waals surface area contributed by atoms with Gasteiger partial charge in [0, 0.05) is 103 Å². The van der Waals surface area contributed by atoms with Gasteiger partial charge in [0.2, 0.25) is 29.5 Å². The molecule has 2 heterocycles. The van der Waals surface area contributed by atoms with Gasteiger partial charge in [0.1, 0.15) is 11.9 Å². The van der Waals surface area contributed by atoms with Crippen LogP contribution in [0.15, 0.2) is 36.4 Å². The summed E-state index contributed by atoms with van der Waals surface area (Å²) in [4.78, 5) is 119. The van der Waals surface area contributed by atoms with Crippen molar-refractivity contribution in [1.29, 1.82) is 0 Å². The fourth-order valence-corrected chi connectivity index (χ4v) is 7.24. The third-order valence-corrected chi connectivity index (χ3v) is 11.1. The van der Waals surface area contributed by atoms with Crippen LogP contribution in [-0.2, 0) is 38.3 Å². The molecular formula is C40H58N8O12S. The number of rotatable bonds is 25. The average Bonchev–Trinajstić information content (AvgIpc) is 3.71. The number of likely N-dealkylation sites (N-methyl/N-ethyl adjacent to an activating group) is 3. The molecule has 2 aliphatic rings. The van der Waals surface area contributed by atoms with Gasteiger partial charge in [0.25, 0.3) is 11.8 Å². The van der Waals surface area contributed by atoms with Crippen LogP contribution in [0.3, 0.4) is 0 Å². The smallest absolute Gasteiger partial charge is 0.415 e. The van der Waals surface area contributed by atoms with Crippen molar-refractivity contribution < 1.29 is 57.7 Å². The number of hydrogen-bond acceptors (Lipinski definition) is 14. The van der Waals surface area contributed by atoms with Gasteiger partial charge in [-0.25, -0.2) is 9.59 Å². The van der Waals surface area contributed by atoms with E-state index in [2.05, 4.69) is 34.7 Å². The molecule has 1 aromatic rings. The number of alkyl carbamates (subject to hydrolysis) is 1. The topological polar surface area (TPSA) is 245 Å². The molecular weight excluding hydrogens is 817 g/mol. The van der Waals surface area contributed by atoms with Crippen LogP contribution in [0.25, 0.3) is 0 Å². The maximum Gasteiger partial charge on any atom is 0.415 e. The zero-order chi connectivity index (χ0) is 45.1. The Labute approximate surface area is 359 Å². The molecule has 3 rings (SSSR count). The van der Waals surface area contributed by atoms with Crippen molar-refractivity contribution in [3.63, 3.8) is 0 Å². The molecule has 0 radical (unpaired) electrons. The third-order valence-electron chi connectivity index (χ3n) is 9.93. The first-order chi connectivity index (χ1) is 29.1. The fraction of sp³-hybridized carbons (Fsp3) is 0.575. The first-order valence-corrected chi connectivity index (χ1v) is 21.3. The molecule has 0 saturated carbocycles. The lowest BCUT2D eigenvalue weighted by molar-refractivity contribution is -0.140. The number of amides is 9. The first kappa shape index (κ1) is 49.8. The van der Waals surface area contributed by atoms with Crippen LogP contribution in [0.4, 0.5) is 9.59 Å². The Balaban J connectivity index is 1.40. The largest absolute Gasteiger partial charge is 0.439 e. The maximum atomic E-state index is 13.1. The van der Waals surface area contributed by atoms with E-state index < -0.39 is 65.1 Å². The number of thioether (sulfide) groups is 1. The fourth-order valence-electron chi connectivity index (χ4n) is 6.13. The summed E-state index contributed by atoms with van der Waals surface area (Å²) in [6.45, 7) is 8.76. The molecule has 3 unspecified atom stereocenters. The van der Waals surface area contributed by atoms with E-state index in [9.17, 15) is 48.3 Å². The Morgan fingerprint density at radius 2 is 1.44 bits per heavy atom. The highest BCUT2D eigenvalue weighted by Crippen LogP contribution is 2.27. The summed E-state index contributed by atoms with van der Waals surface area (Å²) >= 11 is 1.15. The first-order valence-electron chi connectivity index (χ1n) is 20.2. The lowest BCUT2D eigenvalue weighted by Crippen LogP contribution is -2.42. The van der Waals surface area contributed by atoms with Crippen LogP contribution < -0.4 is 20.7 Å². The molecule has 3 atom stereocenters. The molecule has 1 saturated heterocycles. The number of ether oxygens (including phenoxy) is 2. The van der Waals surface area contributed by atoms with Gasteiger partial charge in [-0.15, -0.1) is 11.8 Å². The Hall–Kier alpha value is -5.54. The maximum absolute atomic E-state index is 13.1. The zero-order valence-corrected chi connectivity index (χ0v) is 36.2. The molecule has 0 spiro atoms. The molecule has 1 aromatic carbocycles. The SMILES string of the molecule is CCN(CC)CCN(CC)C(=O)Oc1ccc(C(CN(C)C(=O)CCSC2CC(=O)N(CCC(=O)NCC(O)CNC(=O)CCN3C(=O)C=CC3=O)C2=O)OC(=O)NC)cc1. The Morgan fingerprint density at radius 1 is 0.852 bits per heavy atom. The Morgan fingerprint density at radius 3 is 2.00 bits per heavy atom. The van der Waals surface area contributed by atoms with E-state index in [-0.39, 0.29) is 70.1 Å². The van der Waals surface area contributed by atoms with Crippen molar-refractivity contribution >= 4 is 65.3 Å². The van der Waals surface area contributed by atoms with Crippen molar-refractivity contribution in [3.8, 4) is 5.75 Å². The molecule has 4 N–H and O–H groups in total. The van der Waals surface area contributed by atoms with Crippen molar-refractivity contribution in [1.82, 2.24) is 40.4 Å². The Bertz CT molecular complexity index is 1740. The molecule has 2 aliphatic heterocycles. The number of nitrogens with zero attached hydrogens (tertiary/aromatic N) is 5. The van der Waals surface area contributed by atoms with E-state index >= 15 is 0 Å². The highest BCUT2D eigenvalue weighted by Gasteiger charge is 2.39. The standard InChI is InChI=1S/C40H58N8O12S/c1-6-45(7-2)20-21-46(8-3)40(58)59-29-11-9-27(10-12-29)30(60-39(57)41-4)26-44(5)34(52)17-22-61-31-23-37(55)48(38(31)56)19-16-33(51)43-25-28(49)24-42-32(50)15-18-47-35(53)13-14-36(47)54/h9-14,28,30-31,49H,6-8,15-26H2,1-5H3,(H,41,57)(H,42,50)(H,43,51). The normalized spacial score (nSPS) is 15.8. The van der Waals surface area contributed by atoms with Crippen molar-refractivity contribution in [3.05, 3.63) is 42.0 Å². The number of benzene rings is 1. The molecule has 61 heavy (non-hydrogen) atoms. The summed E-state index contributed by atoms with van der Waals surface area (Å²) in [5, 5.41) is 16.8. The van der Waals surface area contributed by atoms with Gasteiger partial charge in [-0.3, -0.25) is 43.4 Å². The predicted molar refractivity (Wildman–Crippen MR) is 223 cm³/mol. The molecule has 1 fully saturated rings. The van der Waals surface area contributed by atoms with Crippen LogP contribution in [0.2, 0.25) is 0 Å². The molecule has 9 amide bonds. The van der Waals surface area contributed by atoms with Gasteiger partial charge in [0.15, 0.2) is 0 Å². The monoisotopic (exact) mass is 874 g/mol. The second-order valence-electron chi connectivity index (χ2n) is 14.1. The highest BCUT2D eigenvalue weighted by atomic mass is 32.2. The van der Waals surface area contributed by atoms with Crippen LogP contribution in [0, 0.1) is 0 Å². The minimum Gasteiger partial charge on any atom is -0.439 e. The molecule has 0 bridgehead atoms. The molecule has 336 valence electrons. The predicted octanol–water partition coefficient (Wildman–Crippen LogP) is 0.254. The molecule has 0 aromatic heterocycles. The number of aliphatic hydroxyl groups excluding tert-OH is 1. The molecule has 0 aliphatic carbocycles. The second-order valence-corrected chi connectivity index (χ2v) is 15.4. The minimum absolute atomic E-state index is 0.00330. The van der Waals surface area contributed by atoms with Crippen LogP contribution in [0.1, 0.15) is 58.1 Å². The molecule has 21 heteroatoms. The van der Waals surface area contributed by atoms with Gasteiger partial charge in [-0.1, -0.05) is 26.0 Å². The van der Waals surface area contributed by atoms with Gasteiger partial charge < -0.3 is 45.2 Å². The van der Waals surface area contributed by atoms with Crippen LogP contribution >= 0.6 is 11.8 Å². The summed E-state index contributed by atoms with van der Waals surface area (Å²) in [7, 11) is 2.96. The van der Waals surface area contributed by atoms with E-state index in [1.165, 1.54) is 11.9 Å². The number of imide groups is 2. The number of carbonyl (C=O) groups excluding carboxylic acids is 9. The number of nitrogens with one attached hydrogen (secondary N) is 3. The quantitative estimate of drug-likeness (QED) is 0.0964.